The zero-order chi connectivity index (χ0) is 22.6. The zero-order valence-corrected chi connectivity index (χ0v) is 19.2. The Morgan fingerprint density at radius 2 is 1.66 bits per heavy atom. The van der Waals surface area contributed by atoms with Gasteiger partial charge >= 0.3 is 0 Å². The average Bonchev–Trinajstić information content (AvgIpc) is 2.83. The van der Waals surface area contributed by atoms with Crippen LogP contribution in [-0.4, -0.2) is 11.5 Å². The number of amides is 1. The third-order valence-electron chi connectivity index (χ3n) is 6.33. The molecule has 0 aliphatic carbocycles. The van der Waals surface area contributed by atoms with Crippen molar-refractivity contribution in [2.75, 3.05) is 0 Å². The van der Waals surface area contributed by atoms with Crippen molar-refractivity contribution in [1.29, 1.82) is 0 Å². The Morgan fingerprint density at radius 3 is 2.38 bits per heavy atom. The monoisotopic (exact) mass is 445 g/mol. The van der Waals surface area contributed by atoms with Crippen molar-refractivity contribution in [3.63, 3.8) is 0 Å². The van der Waals surface area contributed by atoms with Crippen molar-refractivity contribution in [1.82, 2.24) is 5.32 Å². The molecule has 1 aliphatic heterocycles. The van der Waals surface area contributed by atoms with E-state index >= 15 is 0 Å². The molecule has 1 N–H and O–H groups in total. The van der Waals surface area contributed by atoms with Gasteiger partial charge in [-0.1, -0.05) is 92.2 Å². The predicted octanol–water partition coefficient (Wildman–Crippen LogP) is 7.08. The fourth-order valence-electron chi connectivity index (χ4n) is 4.31. The molecule has 3 nitrogen and oxygen atoms in total. The lowest BCUT2D eigenvalue weighted by Gasteiger charge is -2.41. The minimum Gasteiger partial charge on any atom is -0.487 e. The van der Waals surface area contributed by atoms with E-state index in [1.165, 1.54) is 0 Å². The molecule has 0 radical (unpaired) electrons. The first-order valence-corrected chi connectivity index (χ1v) is 11.5. The first-order valence-electron chi connectivity index (χ1n) is 11.2. The topological polar surface area (TPSA) is 38.3 Å². The number of carbonyl (C=O) groups is 1. The van der Waals surface area contributed by atoms with Crippen molar-refractivity contribution in [2.45, 2.75) is 44.8 Å². The molecule has 3 aromatic rings. The molecule has 3 aromatic carbocycles. The fourth-order valence-corrected chi connectivity index (χ4v) is 4.50. The number of fused-ring (bicyclic) bond motifs is 1. The fraction of sp³-hybridized carbons (Fsp3) is 0.250. The predicted molar refractivity (Wildman–Crippen MR) is 132 cm³/mol. The van der Waals surface area contributed by atoms with Crippen LogP contribution in [0.1, 0.15) is 55.8 Å². The molecular formula is C28H28ClNO2. The van der Waals surface area contributed by atoms with Gasteiger partial charge < -0.3 is 10.1 Å². The van der Waals surface area contributed by atoms with Crippen molar-refractivity contribution in [3.8, 4) is 5.75 Å². The molecular weight excluding hydrogens is 418 g/mol. The number of nitrogens with one attached hydrogen (secondary N) is 1. The zero-order valence-electron chi connectivity index (χ0n) is 18.5. The Bertz CT molecular complexity index is 1120. The molecule has 0 aromatic heterocycles. The van der Waals surface area contributed by atoms with E-state index in [1.807, 2.05) is 84.9 Å². The Hall–Kier alpha value is -3.04. The number of carbonyl (C=O) groups excluding carboxylic acids is 1. The maximum Gasteiger partial charge on any atom is 0.252 e. The van der Waals surface area contributed by atoms with Crippen molar-refractivity contribution >= 4 is 29.2 Å². The molecule has 0 bridgehead atoms. The Kier molecular flexibility index (Phi) is 6.66. The van der Waals surface area contributed by atoms with Crippen LogP contribution in [-0.2, 0) is 4.79 Å². The summed E-state index contributed by atoms with van der Waals surface area (Å²) < 4.78 is 6.40. The molecule has 0 unspecified atom stereocenters. The highest BCUT2D eigenvalue weighted by Crippen LogP contribution is 2.43. The first kappa shape index (κ1) is 22.2. The van der Waals surface area contributed by atoms with E-state index in [1.54, 1.807) is 0 Å². The SMILES string of the molecule is CCC1(CC)C[C@H](NC(=O)/C(=C/c2ccccc2Cl)c2ccccc2)c2ccccc2O1. The van der Waals surface area contributed by atoms with Gasteiger partial charge in [0.25, 0.3) is 5.91 Å². The van der Waals surface area contributed by atoms with Gasteiger partial charge in [0.15, 0.2) is 0 Å². The highest BCUT2D eigenvalue weighted by molar-refractivity contribution is 6.33. The van der Waals surface area contributed by atoms with Crippen LogP contribution in [0.2, 0.25) is 5.02 Å². The second-order valence-corrected chi connectivity index (χ2v) is 8.61. The van der Waals surface area contributed by atoms with Crippen molar-refractivity contribution in [3.05, 3.63) is 101 Å². The van der Waals surface area contributed by atoms with E-state index in [-0.39, 0.29) is 17.6 Å². The molecule has 0 saturated heterocycles. The first-order chi connectivity index (χ1) is 15.5. The van der Waals surface area contributed by atoms with Crippen LogP contribution in [0.15, 0.2) is 78.9 Å². The largest absolute Gasteiger partial charge is 0.487 e. The molecule has 0 saturated carbocycles. The molecule has 1 atom stereocenters. The van der Waals surface area contributed by atoms with Gasteiger partial charge in [-0.15, -0.1) is 0 Å². The number of para-hydroxylation sites is 1. The molecule has 164 valence electrons. The smallest absolute Gasteiger partial charge is 0.252 e. The Labute approximate surface area is 195 Å². The number of rotatable bonds is 6. The average molecular weight is 446 g/mol. The third-order valence-corrected chi connectivity index (χ3v) is 6.67. The normalized spacial score (nSPS) is 17.2. The van der Waals surface area contributed by atoms with Gasteiger partial charge in [-0.3, -0.25) is 4.79 Å². The summed E-state index contributed by atoms with van der Waals surface area (Å²) in [6, 6.07) is 25.1. The molecule has 1 amide bonds. The second-order valence-electron chi connectivity index (χ2n) is 8.21. The van der Waals surface area contributed by atoms with Gasteiger partial charge in [0.1, 0.15) is 11.4 Å². The second kappa shape index (κ2) is 9.62. The van der Waals surface area contributed by atoms with Crippen LogP contribution in [0.3, 0.4) is 0 Å². The van der Waals surface area contributed by atoms with E-state index in [2.05, 4.69) is 19.2 Å². The molecule has 0 fully saturated rings. The number of hydrogen-bond donors (Lipinski definition) is 1. The minimum atomic E-state index is -0.286. The number of benzene rings is 3. The van der Waals surface area contributed by atoms with Crippen LogP contribution in [0.5, 0.6) is 5.75 Å². The van der Waals surface area contributed by atoms with Crippen molar-refractivity contribution in [2.24, 2.45) is 0 Å². The number of ether oxygens (including phenoxy) is 1. The summed E-state index contributed by atoms with van der Waals surface area (Å²) in [5.41, 5.74) is 2.98. The van der Waals surface area contributed by atoms with Crippen LogP contribution in [0.4, 0.5) is 0 Å². The summed E-state index contributed by atoms with van der Waals surface area (Å²) in [5.74, 6) is 0.725. The molecule has 4 rings (SSSR count). The summed E-state index contributed by atoms with van der Waals surface area (Å²) in [6.45, 7) is 4.28. The highest BCUT2D eigenvalue weighted by atomic mass is 35.5. The van der Waals surface area contributed by atoms with E-state index in [4.69, 9.17) is 16.3 Å². The van der Waals surface area contributed by atoms with Crippen molar-refractivity contribution < 1.29 is 9.53 Å². The van der Waals surface area contributed by atoms with Crippen LogP contribution >= 0.6 is 11.6 Å². The molecule has 32 heavy (non-hydrogen) atoms. The Morgan fingerprint density at radius 1 is 1.00 bits per heavy atom. The lowest BCUT2D eigenvalue weighted by atomic mass is 9.83. The quantitative estimate of drug-likeness (QED) is 0.325. The van der Waals surface area contributed by atoms with Crippen LogP contribution in [0.25, 0.3) is 11.6 Å². The van der Waals surface area contributed by atoms with E-state index in [0.717, 1.165) is 41.7 Å². The van der Waals surface area contributed by atoms with E-state index in [0.29, 0.717) is 10.6 Å². The standard InChI is InChI=1S/C28H28ClNO2/c1-3-28(4-2)19-25(22-15-9-11-17-26(22)32-28)30-27(31)23(20-12-6-5-7-13-20)18-21-14-8-10-16-24(21)29/h5-18,25H,3-4,19H2,1-2H3,(H,30,31)/b23-18+/t25-/m0/s1. The maximum atomic E-state index is 13.7. The lowest BCUT2D eigenvalue weighted by molar-refractivity contribution is -0.117. The molecule has 4 heteroatoms. The van der Waals surface area contributed by atoms with Gasteiger partial charge in [0.2, 0.25) is 0 Å². The highest BCUT2D eigenvalue weighted by Gasteiger charge is 2.39. The summed E-state index contributed by atoms with van der Waals surface area (Å²) in [5, 5.41) is 3.92. The molecule has 1 heterocycles. The summed E-state index contributed by atoms with van der Waals surface area (Å²) in [4.78, 5) is 13.7. The van der Waals surface area contributed by atoms with Crippen LogP contribution in [0, 0.1) is 0 Å². The summed E-state index contributed by atoms with van der Waals surface area (Å²) >= 11 is 6.40. The molecule has 0 spiro atoms. The minimum absolute atomic E-state index is 0.126. The summed E-state index contributed by atoms with van der Waals surface area (Å²) in [6.07, 6.45) is 4.36. The molecule has 1 aliphatic rings. The van der Waals surface area contributed by atoms with Gasteiger partial charge in [-0.05, 0) is 42.2 Å². The van der Waals surface area contributed by atoms with Gasteiger partial charge in [-0.25, -0.2) is 0 Å². The summed E-state index contributed by atoms with van der Waals surface area (Å²) in [7, 11) is 0. The maximum absolute atomic E-state index is 13.7. The Balaban J connectivity index is 1.72. The van der Waals surface area contributed by atoms with E-state index in [9.17, 15) is 4.79 Å². The number of halogens is 1. The third kappa shape index (κ3) is 4.58. The van der Waals surface area contributed by atoms with Gasteiger partial charge in [-0.2, -0.15) is 0 Å². The van der Waals surface area contributed by atoms with Crippen LogP contribution < -0.4 is 10.1 Å². The van der Waals surface area contributed by atoms with E-state index < -0.39 is 0 Å². The van der Waals surface area contributed by atoms with Gasteiger partial charge in [0.05, 0.1) is 6.04 Å². The van der Waals surface area contributed by atoms with Gasteiger partial charge in [0, 0.05) is 22.6 Å². The lowest BCUT2D eigenvalue weighted by Crippen LogP contribution is -2.44. The number of hydrogen-bond acceptors (Lipinski definition) is 2.